The largest absolute Gasteiger partial charge is 0.381 e. The topological polar surface area (TPSA) is 40.7 Å². The Hall–Kier alpha value is -1.81. The highest BCUT2D eigenvalue weighted by atomic mass is 79.9. The van der Waals surface area contributed by atoms with Gasteiger partial charge in [0.1, 0.15) is 5.82 Å². The lowest BCUT2D eigenvalue weighted by Crippen LogP contribution is -1.99. The van der Waals surface area contributed by atoms with Gasteiger partial charge >= 0.3 is 0 Å². The molecular weight excluding hydrogens is 314 g/mol. The Bertz CT molecular complexity index is 762. The highest BCUT2D eigenvalue weighted by Gasteiger charge is 2.02. The maximum atomic E-state index is 4.40. The zero-order chi connectivity index (χ0) is 14.1. The lowest BCUT2D eigenvalue weighted by atomic mass is 10.1. The molecule has 20 heavy (non-hydrogen) atoms. The van der Waals surface area contributed by atoms with E-state index in [2.05, 4.69) is 68.5 Å². The van der Waals surface area contributed by atoms with Crippen molar-refractivity contribution in [1.82, 2.24) is 9.97 Å². The fraction of sp³-hybridized carbons (Fsp3) is 0.188. The van der Waals surface area contributed by atoms with Gasteiger partial charge in [0.2, 0.25) is 0 Å². The Labute approximate surface area is 126 Å². The number of rotatable bonds is 3. The first kappa shape index (κ1) is 13.2. The molecule has 0 amide bonds. The van der Waals surface area contributed by atoms with E-state index < -0.39 is 0 Å². The van der Waals surface area contributed by atoms with Crippen LogP contribution >= 0.6 is 15.9 Å². The molecule has 2 aromatic carbocycles. The van der Waals surface area contributed by atoms with Crippen LogP contribution in [0.4, 0.5) is 5.69 Å². The average molecular weight is 330 g/mol. The molecule has 3 rings (SSSR count). The molecule has 0 unspecified atom stereocenters. The van der Waals surface area contributed by atoms with Gasteiger partial charge in [0.15, 0.2) is 0 Å². The smallest absolute Gasteiger partial charge is 0.104 e. The Morgan fingerprint density at radius 3 is 2.80 bits per heavy atom. The number of halogens is 1. The van der Waals surface area contributed by atoms with Crippen LogP contribution in [0.2, 0.25) is 0 Å². The van der Waals surface area contributed by atoms with Crippen molar-refractivity contribution in [3.05, 3.63) is 57.8 Å². The summed E-state index contributed by atoms with van der Waals surface area (Å²) in [6.45, 7) is 4.87. The number of H-pyrrole nitrogens is 1. The van der Waals surface area contributed by atoms with Gasteiger partial charge in [-0.1, -0.05) is 28.1 Å². The van der Waals surface area contributed by atoms with Crippen LogP contribution in [0.15, 0.2) is 40.9 Å². The molecule has 0 radical (unpaired) electrons. The summed E-state index contributed by atoms with van der Waals surface area (Å²) in [5.41, 5.74) is 5.67. The van der Waals surface area contributed by atoms with Crippen molar-refractivity contribution in [3.63, 3.8) is 0 Å². The molecule has 0 aliphatic heterocycles. The van der Waals surface area contributed by atoms with E-state index in [-0.39, 0.29) is 0 Å². The molecule has 0 atom stereocenters. The van der Waals surface area contributed by atoms with E-state index >= 15 is 0 Å². The van der Waals surface area contributed by atoms with E-state index in [1.807, 2.05) is 13.0 Å². The second kappa shape index (κ2) is 5.29. The molecule has 2 N–H and O–H groups in total. The zero-order valence-corrected chi connectivity index (χ0v) is 13.1. The number of fused-ring (bicyclic) bond motifs is 1. The third-order valence-corrected chi connectivity index (χ3v) is 4.19. The minimum atomic E-state index is 0.803. The van der Waals surface area contributed by atoms with Gasteiger partial charge in [-0.25, -0.2) is 4.98 Å². The first-order valence-corrected chi connectivity index (χ1v) is 7.36. The van der Waals surface area contributed by atoms with Gasteiger partial charge in [-0.15, -0.1) is 0 Å². The molecule has 1 heterocycles. The lowest BCUT2D eigenvalue weighted by molar-refractivity contribution is 1.14. The monoisotopic (exact) mass is 329 g/mol. The first-order chi connectivity index (χ1) is 9.61. The van der Waals surface area contributed by atoms with Gasteiger partial charge in [0.25, 0.3) is 0 Å². The zero-order valence-electron chi connectivity index (χ0n) is 11.5. The number of anilines is 1. The molecule has 4 heteroatoms. The second-order valence-electron chi connectivity index (χ2n) is 4.99. The number of nitrogens with zero attached hydrogens (tertiary/aromatic N) is 1. The standard InChI is InChI=1S/C16H16BrN3/c1-10-3-4-12(7-14(10)17)9-18-13-5-6-15-16(8-13)20-11(2)19-15/h3-8,18H,9H2,1-2H3,(H,19,20). The van der Waals surface area contributed by atoms with Crippen molar-refractivity contribution in [2.45, 2.75) is 20.4 Å². The van der Waals surface area contributed by atoms with Crippen molar-refractivity contribution in [3.8, 4) is 0 Å². The maximum absolute atomic E-state index is 4.40. The van der Waals surface area contributed by atoms with E-state index in [0.717, 1.165) is 33.6 Å². The fourth-order valence-corrected chi connectivity index (χ4v) is 2.62. The van der Waals surface area contributed by atoms with E-state index in [1.54, 1.807) is 0 Å². The normalized spacial score (nSPS) is 10.9. The van der Waals surface area contributed by atoms with Crippen LogP contribution in [0.3, 0.4) is 0 Å². The number of aryl methyl sites for hydroxylation is 2. The molecule has 3 aromatic rings. The van der Waals surface area contributed by atoms with Gasteiger partial charge in [0.05, 0.1) is 11.0 Å². The summed E-state index contributed by atoms with van der Waals surface area (Å²) in [7, 11) is 0. The van der Waals surface area contributed by atoms with E-state index in [9.17, 15) is 0 Å². The number of hydrogen-bond acceptors (Lipinski definition) is 2. The third-order valence-electron chi connectivity index (χ3n) is 3.33. The third kappa shape index (κ3) is 2.70. The van der Waals surface area contributed by atoms with Gasteiger partial charge in [-0.05, 0) is 49.2 Å². The fourth-order valence-electron chi connectivity index (χ4n) is 2.20. The van der Waals surface area contributed by atoms with Crippen LogP contribution in [0.5, 0.6) is 0 Å². The summed E-state index contributed by atoms with van der Waals surface area (Å²) in [5.74, 6) is 0.944. The number of benzene rings is 2. The summed E-state index contributed by atoms with van der Waals surface area (Å²) in [5, 5.41) is 3.44. The van der Waals surface area contributed by atoms with E-state index in [1.165, 1.54) is 11.1 Å². The van der Waals surface area contributed by atoms with E-state index in [0.29, 0.717) is 0 Å². The molecular formula is C16H16BrN3. The Morgan fingerprint density at radius 1 is 1.15 bits per heavy atom. The number of aromatic nitrogens is 2. The quantitative estimate of drug-likeness (QED) is 0.739. The summed E-state index contributed by atoms with van der Waals surface area (Å²) in [4.78, 5) is 7.66. The van der Waals surface area contributed by atoms with Crippen molar-refractivity contribution in [1.29, 1.82) is 0 Å². The molecule has 1 aromatic heterocycles. The number of hydrogen-bond donors (Lipinski definition) is 2. The van der Waals surface area contributed by atoms with Crippen LogP contribution in [-0.4, -0.2) is 9.97 Å². The van der Waals surface area contributed by atoms with Crippen molar-refractivity contribution < 1.29 is 0 Å². The predicted octanol–water partition coefficient (Wildman–Crippen LogP) is 4.55. The van der Waals surface area contributed by atoms with Gasteiger partial charge in [-0.2, -0.15) is 0 Å². The summed E-state index contributed by atoms with van der Waals surface area (Å²) >= 11 is 3.57. The Kier molecular flexibility index (Phi) is 3.49. The highest BCUT2D eigenvalue weighted by molar-refractivity contribution is 9.10. The molecule has 0 saturated carbocycles. The first-order valence-electron chi connectivity index (χ1n) is 6.57. The summed E-state index contributed by atoms with van der Waals surface area (Å²) in [6, 6.07) is 12.6. The Morgan fingerprint density at radius 2 is 2.00 bits per heavy atom. The predicted molar refractivity (Wildman–Crippen MR) is 87.0 cm³/mol. The minimum absolute atomic E-state index is 0.803. The summed E-state index contributed by atoms with van der Waals surface area (Å²) in [6.07, 6.45) is 0. The molecule has 0 bridgehead atoms. The van der Waals surface area contributed by atoms with Crippen LogP contribution in [0.1, 0.15) is 17.0 Å². The average Bonchev–Trinajstić information content (AvgIpc) is 2.79. The molecule has 0 aliphatic carbocycles. The molecule has 0 fully saturated rings. The molecule has 0 saturated heterocycles. The molecule has 0 spiro atoms. The maximum Gasteiger partial charge on any atom is 0.104 e. The van der Waals surface area contributed by atoms with Crippen LogP contribution in [-0.2, 0) is 6.54 Å². The van der Waals surface area contributed by atoms with Crippen molar-refractivity contribution in [2.75, 3.05) is 5.32 Å². The van der Waals surface area contributed by atoms with Crippen LogP contribution in [0, 0.1) is 13.8 Å². The number of nitrogens with one attached hydrogen (secondary N) is 2. The molecule has 0 aliphatic rings. The van der Waals surface area contributed by atoms with Crippen molar-refractivity contribution >= 4 is 32.7 Å². The van der Waals surface area contributed by atoms with Crippen LogP contribution < -0.4 is 5.32 Å². The van der Waals surface area contributed by atoms with Gasteiger partial charge in [-0.3, -0.25) is 0 Å². The second-order valence-corrected chi connectivity index (χ2v) is 5.85. The lowest BCUT2D eigenvalue weighted by Gasteiger charge is -2.08. The van der Waals surface area contributed by atoms with Crippen molar-refractivity contribution in [2.24, 2.45) is 0 Å². The highest BCUT2D eigenvalue weighted by Crippen LogP contribution is 2.20. The Balaban J connectivity index is 1.77. The molecule has 3 nitrogen and oxygen atoms in total. The summed E-state index contributed by atoms with van der Waals surface area (Å²) < 4.78 is 1.15. The SMILES string of the molecule is Cc1nc2ccc(NCc3ccc(C)c(Br)c3)cc2[nH]1. The van der Waals surface area contributed by atoms with Gasteiger partial charge < -0.3 is 10.3 Å². The van der Waals surface area contributed by atoms with E-state index in [4.69, 9.17) is 0 Å². The number of aromatic amines is 1. The minimum Gasteiger partial charge on any atom is -0.381 e. The van der Waals surface area contributed by atoms with Gasteiger partial charge in [0, 0.05) is 16.7 Å². The van der Waals surface area contributed by atoms with Crippen LogP contribution in [0.25, 0.3) is 11.0 Å². The number of imidazole rings is 1. The molecule has 102 valence electrons.